The molecule has 2 amide bonds. The monoisotopic (exact) mass is 448 g/mol. The zero-order valence-corrected chi connectivity index (χ0v) is 17.6. The minimum Gasteiger partial charge on any atom is -0.484 e. The first-order valence-electron chi connectivity index (χ1n) is 9.91. The van der Waals surface area contributed by atoms with Crippen LogP contribution >= 0.6 is 11.6 Å². The molecule has 1 heterocycles. The first kappa shape index (κ1) is 21.3. The lowest BCUT2D eigenvalue weighted by Crippen LogP contribution is -2.44. The third-order valence-electron chi connectivity index (χ3n) is 5.91. The van der Waals surface area contributed by atoms with E-state index in [0.29, 0.717) is 18.0 Å². The van der Waals surface area contributed by atoms with Crippen molar-refractivity contribution >= 4 is 23.4 Å². The van der Waals surface area contributed by atoms with E-state index in [4.69, 9.17) is 21.1 Å². The first-order chi connectivity index (χ1) is 14.9. The molecule has 3 aliphatic rings. The Morgan fingerprint density at radius 2 is 2.03 bits per heavy atom. The molecule has 1 aromatic carbocycles. The minimum atomic E-state index is -0.607. The Bertz CT molecular complexity index is 982. The van der Waals surface area contributed by atoms with Crippen LogP contribution in [0.25, 0.3) is 0 Å². The lowest BCUT2D eigenvalue weighted by Gasteiger charge is -2.36. The van der Waals surface area contributed by atoms with E-state index < -0.39 is 11.2 Å². The molecule has 10 heteroatoms. The number of hydrogen-bond donors (Lipinski definition) is 2. The summed E-state index contributed by atoms with van der Waals surface area (Å²) in [6.45, 7) is 0.0460. The fourth-order valence-electron chi connectivity index (χ4n) is 4.30. The fourth-order valence-corrected chi connectivity index (χ4v) is 4.42. The van der Waals surface area contributed by atoms with Crippen LogP contribution in [0, 0.1) is 17.2 Å². The molecule has 3 aliphatic carbocycles. The highest BCUT2D eigenvalue weighted by molar-refractivity contribution is 6.30. The molecule has 0 unspecified atom stereocenters. The van der Waals surface area contributed by atoms with Crippen LogP contribution in [0.4, 0.5) is 4.39 Å². The van der Waals surface area contributed by atoms with Crippen LogP contribution in [0.3, 0.4) is 0 Å². The number of nitrogens with one attached hydrogen (secondary N) is 2. The van der Waals surface area contributed by atoms with Gasteiger partial charge in [0.2, 0.25) is 11.8 Å². The van der Waals surface area contributed by atoms with Crippen molar-refractivity contribution in [2.75, 3.05) is 13.7 Å². The number of methoxy groups -OCH3 is 1. The lowest BCUT2D eigenvalue weighted by atomic mass is 9.69. The molecule has 0 spiro atoms. The van der Waals surface area contributed by atoms with Gasteiger partial charge < -0.3 is 20.1 Å². The maximum Gasteiger partial charge on any atom is 0.258 e. The van der Waals surface area contributed by atoms with Gasteiger partial charge >= 0.3 is 0 Å². The van der Waals surface area contributed by atoms with E-state index in [0.717, 1.165) is 18.9 Å². The van der Waals surface area contributed by atoms with Crippen molar-refractivity contribution in [2.24, 2.45) is 11.3 Å². The van der Waals surface area contributed by atoms with E-state index in [-0.39, 0.29) is 47.7 Å². The normalized spacial score (nSPS) is 23.6. The van der Waals surface area contributed by atoms with Crippen molar-refractivity contribution in [3.63, 3.8) is 0 Å². The Labute approximate surface area is 183 Å². The second-order valence-electron chi connectivity index (χ2n) is 7.94. The molecule has 2 bridgehead atoms. The molecule has 0 radical (unpaired) electrons. The van der Waals surface area contributed by atoms with Gasteiger partial charge in [-0.15, -0.1) is 5.10 Å². The second kappa shape index (κ2) is 8.66. The molecule has 0 aliphatic heterocycles. The fraction of sp³-hybridized carbons (Fsp3) is 0.429. The van der Waals surface area contributed by atoms with Crippen LogP contribution in [-0.4, -0.2) is 41.8 Å². The summed E-state index contributed by atoms with van der Waals surface area (Å²) in [5.74, 6) is -0.0449. The van der Waals surface area contributed by atoms with Gasteiger partial charge in [0.25, 0.3) is 5.91 Å². The van der Waals surface area contributed by atoms with Gasteiger partial charge in [0, 0.05) is 18.2 Å². The number of aromatic nitrogens is 2. The largest absolute Gasteiger partial charge is 0.484 e. The van der Waals surface area contributed by atoms with Crippen molar-refractivity contribution in [3.8, 4) is 11.6 Å². The number of rotatable bonds is 8. The summed E-state index contributed by atoms with van der Waals surface area (Å²) in [7, 11) is 1.51. The van der Waals surface area contributed by atoms with Gasteiger partial charge in [-0.1, -0.05) is 11.6 Å². The van der Waals surface area contributed by atoms with E-state index in [1.165, 1.54) is 19.2 Å². The van der Waals surface area contributed by atoms with Gasteiger partial charge in [0.1, 0.15) is 11.6 Å². The van der Waals surface area contributed by atoms with Gasteiger partial charge in [-0.2, -0.15) is 5.10 Å². The van der Waals surface area contributed by atoms with Crippen LogP contribution in [0.1, 0.15) is 25.0 Å². The molecule has 0 saturated heterocycles. The summed E-state index contributed by atoms with van der Waals surface area (Å²) in [5, 5.41) is 13.7. The number of nitrogens with zero attached hydrogens (tertiary/aromatic N) is 2. The molecule has 2 aromatic rings. The predicted molar refractivity (Wildman–Crippen MR) is 109 cm³/mol. The van der Waals surface area contributed by atoms with Crippen LogP contribution < -0.4 is 20.1 Å². The van der Waals surface area contributed by atoms with Crippen molar-refractivity contribution in [2.45, 2.75) is 31.8 Å². The third kappa shape index (κ3) is 4.56. The topological polar surface area (TPSA) is 102 Å². The van der Waals surface area contributed by atoms with Crippen LogP contribution in [0.2, 0.25) is 5.02 Å². The van der Waals surface area contributed by atoms with Crippen LogP contribution in [0.15, 0.2) is 30.3 Å². The van der Waals surface area contributed by atoms with Crippen molar-refractivity contribution in [3.05, 3.63) is 46.9 Å². The van der Waals surface area contributed by atoms with Crippen molar-refractivity contribution in [1.82, 2.24) is 20.8 Å². The molecule has 8 nitrogen and oxygen atoms in total. The number of halogens is 2. The number of fused-ring (bicyclic) bond motifs is 1. The van der Waals surface area contributed by atoms with Gasteiger partial charge in [-0.3, -0.25) is 9.59 Å². The number of ether oxygens (including phenoxy) is 2. The standard InChI is InChI=1S/C21H22ClFN4O4/c1-30-19-5-2-13(26-27-19)10-24-20(29)21-7-12(8-21)17(9-21)25-18(28)11-31-14-3-4-15(22)16(23)6-14/h2-6,12,17H,7-11H2,1H3,(H,24,29)(H,25,28)/t12?,17-,21?/m0/s1. The molecule has 2 N–H and O–H groups in total. The van der Waals surface area contributed by atoms with E-state index in [1.807, 2.05) is 0 Å². The van der Waals surface area contributed by atoms with Gasteiger partial charge in [0.05, 0.1) is 29.8 Å². The summed E-state index contributed by atoms with van der Waals surface area (Å²) >= 11 is 5.63. The zero-order valence-electron chi connectivity index (χ0n) is 16.9. The summed E-state index contributed by atoms with van der Waals surface area (Å²) < 4.78 is 23.7. The number of benzene rings is 1. The minimum absolute atomic E-state index is 0.00913. The van der Waals surface area contributed by atoms with E-state index >= 15 is 0 Å². The van der Waals surface area contributed by atoms with Crippen LogP contribution in [0.5, 0.6) is 11.6 Å². The van der Waals surface area contributed by atoms with Crippen molar-refractivity contribution < 1.29 is 23.5 Å². The average molecular weight is 449 g/mol. The van der Waals surface area contributed by atoms with Gasteiger partial charge in [-0.25, -0.2) is 4.39 Å². The summed E-state index contributed by atoms with van der Waals surface area (Å²) in [6.07, 6.45) is 2.06. The average Bonchev–Trinajstić information content (AvgIpc) is 3.28. The number of carbonyl (C=O) groups excluding carboxylic acids is 2. The lowest BCUT2D eigenvalue weighted by molar-refractivity contribution is -0.135. The third-order valence-corrected chi connectivity index (χ3v) is 6.22. The number of carbonyl (C=O) groups is 2. The molecule has 5 rings (SSSR count). The Morgan fingerprint density at radius 1 is 1.23 bits per heavy atom. The SMILES string of the molecule is COc1ccc(CNC(=O)C23CC(C2)[C@@H](NC(=O)COc2ccc(Cl)c(F)c2)C3)nn1. The maximum absolute atomic E-state index is 13.4. The zero-order chi connectivity index (χ0) is 22.0. The highest BCUT2D eigenvalue weighted by Crippen LogP contribution is 2.58. The smallest absolute Gasteiger partial charge is 0.258 e. The van der Waals surface area contributed by atoms with Gasteiger partial charge in [-0.05, 0) is 43.4 Å². The molecule has 31 heavy (non-hydrogen) atoms. The highest BCUT2D eigenvalue weighted by atomic mass is 35.5. The van der Waals surface area contributed by atoms with Crippen molar-refractivity contribution in [1.29, 1.82) is 0 Å². The predicted octanol–water partition coefficient (Wildman–Crippen LogP) is 2.26. The maximum atomic E-state index is 13.4. The molecule has 164 valence electrons. The Balaban J connectivity index is 1.24. The molecule has 3 fully saturated rings. The molecular formula is C21H22ClFN4O4. The molecule has 1 aromatic heterocycles. The van der Waals surface area contributed by atoms with E-state index in [2.05, 4.69) is 20.8 Å². The highest BCUT2D eigenvalue weighted by Gasteiger charge is 2.60. The second-order valence-corrected chi connectivity index (χ2v) is 8.35. The Morgan fingerprint density at radius 3 is 2.71 bits per heavy atom. The summed E-state index contributed by atoms with van der Waals surface area (Å²) in [4.78, 5) is 25.0. The van der Waals surface area contributed by atoms with Gasteiger partial charge in [0.15, 0.2) is 6.61 Å². The summed E-state index contributed by atoms with van der Waals surface area (Å²) in [5.41, 5.74) is 0.183. The first-order valence-corrected chi connectivity index (χ1v) is 10.3. The molecule has 1 atom stereocenters. The summed E-state index contributed by atoms with van der Waals surface area (Å²) in [6, 6.07) is 7.36. The number of amides is 2. The molecule has 3 saturated carbocycles. The van der Waals surface area contributed by atoms with E-state index in [1.54, 1.807) is 12.1 Å². The quantitative estimate of drug-likeness (QED) is 0.642. The number of hydrogen-bond acceptors (Lipinski definition) is 6. The van der Waals surface area contributed by atoms with E-state index in [9.17, 15) is 14.0 Å². The Kier molecular flexibility index (Phi) is 5.95. The van der Waals surface area contributed by atoms with Crippen LogP contribution in [-0.2, 0) is 16.1 Å². The molecular weight excluding hydrogens is 427 g/mol. The Hall–Kier alpha value is -2.94.